The van der Waals surface area contributed by atoms with Gasteiger partial charge < -0.3 is 15.4 Å². The monoisotopic (exact) mass is 627 g/mol. The van der Waals surface area contributed by atoms with Gasteiger partial charge in [0.05, 0.1) is 12.3 Å². The van der Waals surface area contributed by atoms with Crippen LogP contribution in [0.4, 0.5) is 0 Å². The summed E-state index contributed by atoms with van der Waals surface area (Å²) < 4.78 is 7.83. The fraction of sp³-hybridized carbons (Fsp3) is 0.382. The van der Waals surface area contributed by atoms with Crippen LogP contribution in [0.2, 0.25) is 0 Å². The average Bonchev–Trinajstić information content (AvgIpc) is 3.51. The van der Waals surface area contributed by atoms with Gasteiger partial charge >= 0.3 is 0 Å². The van der Waals surface area contributed by atoms with E-state index in [-0.39, 0.29) is 11.8 Å². The summed E-state index contributed by atoms with van der Waals surface area (Å²) in [6, 6.07) is 17.4. The number of carbonyl (C=O) groups is 2. The number of amides is 2. The minimum atomic E-state index is -0.621. The molecule has 0 radical (unpaired) electrons. The molecule has 0 saturated carbocycles. The molecule has 0 unspecified atom stereocenters. The van der Waals surface area contributed by atoms with Crippen molar-refractivity contribution in [1.29, 1.82) is 0 Å². The van der Waals surface area contributed by atoms with Gasteiger partial charge in [-0.15, -0.1) is 5.10 Å². The Hall–Kier alpha value is -4.22. The van der Waals surface area contributed by atoms with Crippen molar-refractivity contribution in [2.45, 2.75) is 51.9 Å². The predicted molar refractivity (Wildman–Crippen MR) is 177 cm³/mol. The van der Waals surface area contributed by atoms with Crippen LogP contribution in [0.25, 0.3) is 11.1 Å². The van der Waals surface area contributed by atoms with Gasteiger partial charge in [0, 0.05) is 63.3 Å². The van der Waals surface area contributed by atoms with Crippen molar-refractivity contribution >= 4 is 23.6 Å². The van der Waals surface area contributed by atoms with Crippen LogP contribution >= 0.6 is 11.8 Å². The van der Waals surface area contributed by atoms with E-state index in [1.807, 2.05) is 48.5 Å². The zero-order chi connectivity index (χ0) is 31.4. The summed E-state index contributed by atoms with van der Waals surface area (Å²) in [7, 11) is 0. The molecule has 3 heterocycles. The topological polar surface area (TPSA) is 114 Å². The van der Waals surface area contributed by atoms with E-state index in [4.69, 9.17) is 4.74 Å². The van der Waals surface area contributed by atoms with Gasteiger partial charge in [0.15, 0.2) is 0 Å². The van der Waals surface area contributed by atoms with E-state index in [0.29, 0.717) is 44.0 Å². The summed E-state index contributed by atoms with van der Waals surface area (Å²) in [4.78, 5) is 33.1. The van der Waals surface area contributed by atoms with Crippen LogP contribution in [0.3, 0.4) is 0 Å². The number of aryl methyl sites for hydroxylation is 2. The average molecular weight is 628 g/mol. The molecular weight excluding hydrogens is 586 g/mol. The summed E-state index contributed by atoms with van der Waals surface area (Å²) in [6.07, 6.45) is 9.66. The third kappa shape index (κ3) is 9.39. The highest BCUT2D eigenvalue weighted by Crippen LogP contribution is 2.21. The molecule has 11 heteroatoms. The van der Waals surface area contributed by atoms with E-state index in [0.717, 1.165) is 54.1 Å². The van der Waals surface area contributed by atoms with Crippen LogP contribution in [0, 0.1) is 6.92 Å². The molecule has 4 aromatic rings. The van der Waals surface area contributed by atoms with Gasteiger partial charge in [-0.2, -0.15) is 11.8 Å². The Morgan fingerprint density at radius 2 is 1.91 bits per heavy atom. The van der Waals surface area contributed by atoms with Crippen LogP contribution in [0.5, 0.6) is 5.75 Å². The van der Waals surface area contributed by atoms with Crippen LogP contribution in [-0.2, 0) is 24.4 Å². The molecule has 4 bridgehead atoms. The molecule has 2 aromatic carbocycles. The molecule has 10 nitrogen and oxygen atoms in total. The zero-order valence-electron chi connectivity index (χ0n) is 25.9. The maximum absolute atomic E-state index is 13.3. The van der Waals surface area contributed by atoms with Crippen LogP contribution in [0.15, 0.2) is 73.2 Å². The van der Waals surface area contributed by atoms with E-state index in [1.165, 1.54) is 5.56 Å². The van der Waals surface area contributed by atoms with E-state index in [9.17, 15) is 9.59 Å². The van der Waals surface area contributed by atoms with Crippen molar-refractivity contribution in [1.82, 2.24) is 35.5 Å². The van der Waals surface area contributed by atoms with E-state index in [2.05, 4.69) is 61.2 Å². The third-order valence-corrected chi connectivity index (χ3v) is 8.41. The SMILES string of the molecule is CSCC[C@@H]1NC(=O)c2cc(ccc2C)OCCCn2cc(nn2)CN(Cc2ccc(-c3cccnc3)cc2)CCCNC1=O. The Labute approximate surface area is 269 Å². The molecule has 45 heavy (non-hydrogen) atoms. The molecule has 2 aromatic heterocycles. The summed E-state index contributed by atoms with van der Waals surface area (Å²) >= 11 is 1.65. The van der Waals surface area contributed by atoms with Gasteiger partial charge in [0.2, 0.25) is 5.91 Å². The number of nitrogens with one attached hydrogen (secondary N) is 2. The van der Waals surface area contributed by atoms with Crippen molar-refractivity contribution in [3.05, 3.63) is 95.6 Å². The fourth-order valence-corrected chi connectivity index (χ4v) is 5.76. The number of nitrogens with zero attached hydrogens (tertiary/aromatic N) is 5. The summed E-state index contributed by atoms with van der Waals surface area (Å²) in [5, 5.41) is 14.8. The summed E-state index contributed by atoms with van der Waals surface area (Å²) in [5.74, 6) is 0.935. The standard InChI is InChI=1S/C34H41N7O3S/c1-25-7-12-30-20-31(25)33(42)37-32(13-19-45-2)34(43)36-15-4-16-40(23-29-24-41(39-38-29)17-5-18-44-30)22-26-8-10-27(11-9-26)28-6-3-14-35-21-28/h3,6-12,14,20-21,24,32H,4-5,13,15-19,22-23H2,1-2H3,(H,36,43)(H,37,42)/t32-/m0/s1. The van der Waals surface area contributed by atoms with E-state index < -0.39 is 6.04 Å². The van der Waals surface area contributed by atoms with Crippen molar-refractivity contribution in [3.8, 4) is 16.9 Å². The molecule has 236 valence electrons. The lowest BCUT2D eigenvalue weighted by Crippen LogP contribution is -2.47. The molecule has 2 amide bonds. The number of pyridine rings is 1. The van der Waals surface area contributed by atoms with Gasteiger partial charge in [-0.05, 0) is 72.2 Å². The number of fused-ring (bicyclic) bond motifs is 4. The van der Waals surface area contributed by atoms with Gasteiger partial charge in [-0.3, -0.25) is 24.2 Å². The first-order chi connectivity index (χ1) is 22.0. The summed E-state index contributed by atoms with van der Waals surface area (Å²) in [6.45, 7) is 5.63. The van der Waals surface area contributed by atoms with Gasteiger partial charge in [-0.1, -0.05) is 41.6 Å². The molecule has 1 aliphatic heterocycles. The van der Waals surface area contributed by atoms with Gasteiger partial charge in [-0.25, -0.2) is 0 Å². The molecule has 0 saturated heterocycles. The van der Waals surface area contributed by atoms with Crippen LogP contribution < -0.4 is 15.4 Å². The number of ether oxygens (including phenoxy) is 1. The number of aromatic nitrogens is 4. The second kappa shape index (κ2) is 16.2. The first kappa shape index (κ1) is 32.2. The number of carbonyl (C=O) groups excluding carboxylic acids is 2. The van der Waals surface area contributed by atoms with Crippen LogP contribution in [-0.4, -0.2) is 74.4 Å². The molecule has 5 rings (SSSR count). The second-order valence-electron chi connectivity index (χ2n) is 11.3. The van der Waals surface area contributed by atoms with Crippen molar-refractivity contribution in [3.63, 3.8) is 0 Å². The Morgan fingerprint density at radius 1 is 1.04 bits per heavy atom. The zero-order valence-corrected chi connectivity index (χ0v) is 26.8. The number of thioether (sulfide) groups is 1. The highest BCUT2D eigenvalue weighted by molar-refractivity contribution is 7.98. The molecule has 0 aliphatic carbocycles. The first-order valence-corrected chi connectivity index (χ1v) is 16.8. The second-order valence-corrected chi connectivity index (χ2v) is 12.2. The number of hydrogen-bond acceptors (Lipinski definition) is 8. The number of benzene rings is 2. The maximum atomic E-state index is 13.3. The highest BCUT2D eigenvalue weighted by atomic mass is 32.2. The lowest BCUT2D eigenvalue weighted by atomic mass is 10.1. The van der Waals surface area contributed by atoms with Crippen LogP contribution in [0.1, 0.15) is 46.4 Å². The Kier molecular flexibility index (Phi) is 11.6. The minimum Gasteiger partial charge on any atom is -0.494 e. The minimum absolute atomic E-state index is 0.169. The number of rotatable bonds is 6. The van der Waals surface area contributed by atoms with Crippen molar-refractivity contribution in [2.75, 3.05) is 31.7 Å². The maximum Gasteiger partial charge on any atom is 0.252 e. The normalized spacial score (nSPS) is 17.2. The van der Waals surface area contributed by atoms with Crippen molar-refractivity contribution in [2.24, 2.45) is 0 Å². The highest BCUT2D eigenvalue weighted by Gasteiger charge is 2.22. The molecule has 1 atom stereocenters. The number of hydrogen-bond donors (Lipinski definition) is 2. The lowest BCUT2D eigenvalue weighted by Gasteiger charge is -2.22. The van der Waals surface area contributed by atoms with E-state index >= 15 is 0 Å². The quantitative estimate of drug-likeness (QED) is 0.322. The smallest absolute Gasteiger partial charge is 0.252 e. The Morgan fingerprint density at radius 3 is 2.71 bits per heavy atom. The molecule has 2 N–H and O–H groups in total. The molecule has 1 aliphatic rings. The van der Waals surface area contributed by atoms with Crippen molar-refractivity contribution < 1.29 is 14.3 Å². The fourth-order valence-electron chi connectivity index (χ4n) is 5.29. The molecule has 0 spiro atoms. The van der Waals surface area contributed by atoms with Gasteiger partial charge in [0.25, 0.3) is 5.91 Å². The molecule has 0 fully saturated rings. The Bertz CT molecular complexity index is 1550. The molecular formula is C34H41N7O3S. The first-order valence-electron chi connectivity index (χ1n) is 15.4. The summed E-state index contributed by atoms with van der Waals surface area (Å²) in [5.41, 5.74) is 5.62. The van der Waals surface area contributed by atoms with Gasteiger partial charge in [0.1, 0.15) is 11.8 Å². The Balaban J connectivity index is 1.31. The lowest BCUT2D eigenvalue weighted by molar-refractivity contribution is -0.123. The van der Waals surface area contributed by atoms with E-state index in [1.54, 1.807) is 24.0 Å². The largest absolute Gasteiger partial charge is 0.494 e. The predicted octanol–water partition coefficient (Wildman–Crippen LogP) is 4.49. The third-order valence-electron chi connectivity index (χ3n) is 7.76.